The van der Waals surface area contributed by atoms with Gasteiger partial charge in [-0.2, -0.15) is 0 Å². The van der Waals surface area contributed by atoms with Crippen molar-refractivity contribution >= 4 is 27.9 Å². The molecule has 0 saturated heterocycles. The van der Waals surface area contributed by atoms with Gasteiger partial charge in [0.05, 0.1) is 5.41 Å². The summed E-state index contributed by atoms with van der Waals surface area (Å²) in [5, 5.41) is 0.923. The number of hydrogen-bond donors (Lipinski definition) is 1. The fourth-order valence-corrected chi connectivity index (χ4v) is 4.20. The minimum Gasteiger partial charge on any atom is -0.337 e. The van der Waals surface area contributed by atoms with E-state index in [4.69, 9.17) is 0 Å². The van der Waals surface area contributed by atoms with Gasteiger partial charge in [-0.3, -0.25) is 9.59 Å². The molecule has 1 heterocycles. The van der Waals surface area contributed by atoms with E-state index in [1.165, 1.54) is 17.7 Å². The van der Waals surface area contributed by atoms with Crippen LogP contribution in [0.25, 0.3) is 6.08 Å². The third-order valence-corrected chi connectivity index (χ3v) is 5.92. The minimum atomic E-state index is -4.04. The highest BCUT2D eigenvalue weighted by Gasteiger charge is 2.33. The van der Waals surface area contributed by atoms with Gasteiger partial charge in [0.15, 0.2) is 0 Å². The molecule has 2 aromatic carbocycles. The Morgan fingerprint density at radius 1 is 1.07 bits per heavy atom. The zero-order valence-electron chi connectivity index (χ0n) is 16.5. The van der Waals surface area contributed by atoms with Crippen LogP contribution >= 0.6 is 0 Å². The number of rotatable bonds is 7. The maximum Gasteiger partial charge on any atom is 0.257 e. The van der Waals surface area contributed by atoms with Crippen LogP contribution in [0.2, 0.25) is 0 Å². The van der Waals surface area contributed by atoms with Gasteiger partial charge in [-0.25, -0.2) is 13.1 Å². The van der Waals surface area contributed by atoms with Gasteiger partial charge >= 0.3 is 0 Å². The third kappa shape index (κ3) is 5.45. The first-order valence-electron chi connectivity index (χ1n) is 9.66. The Morgan fingerprint density at radius 3 is 2.43 bits per heavy atom. The minimum absolute atomic E-state index is 0.0563. The lowest BCUT2D eigenvalue weighted by molar-refractivity contribution is -0.142. The third-order valence-electron chi connectivity index (χ3n) is 4.94. The van der Waals surface area contributed by atoms with E-state index in [0.29, 0.717) is 25.1 Å². The van der Waals surface area contributed by atoms with Crippen LogP contribution in [0, 0.1) is 5.92 Å². The number of amides is 2. The molecule has 0 fully saturated rings. The maximum absolute atomic E-state index is 13.0. The van der Waals surface area contributed by atoms with Crippen molar-refractivity contribution in [2.75, 3.05) is 6.54 Å². The lowest BCUT2D eigenvalue weighted by atomic mass is 9.97. The van der Waals surface area contributed by atoms with E-state index in [9.17, 15) is 18.0 Å². The molecule has 1 N–H and O–H groups in total. The molecule has 1 atom stereocenters. The van der Waals surface area contributed by atoms with Crippen molar-refractivity contribution in [3.8, 4) is 0 Å². The van der Waals surface area contributed by atoms with Crippen LogP contribution in [0.1, 0.15) is 23.1 Å². The van der Waals surface area contributed by atoms with Gasteiger partial charge in [0, 0.05) is 13.1 Å². The normalized spacial score (nSPS) is 14.7. The van der Waals surface area contributed by atoms with E-state index in [1.54, 1.807) is 29.2 Å². The number of allylic oxidation sites excluding steroid dienone is 1. The number of sulfonamides is 1. The summed E-state index contributed by atoms with van der Waals surface area (Å²) >= 11 is 0. The van der Waals surface area contributed by atoms with Crippen molar-refractivity contribution in [2.45, 2.75) is 19.4 Å². The van der Waals surface area contributed by atoms with Crippen molar-refractivity contribution in [3.05, 3.63) is 89.4 Å². The fraction of sp³-hybridized carbons (Fsp3) is 0.217. The van der Waals surface area contributed by atoms with E-state index in [-0.39, 0.29) is 6.42 Å². The van der Waals surface area contributed by atoms with Crippen molar-refractivity contribution in [2.24, 2.45) is 5.92 Å². The summed E-state index contributed by atoms with van der Waals surface area (Å²) in [7, 11) is -4.04. The Morgan fingerprint density at radius 2 is 1.73 bits per heavy atom. The SMILES string of the molecule is C=CCC(C(=O)NS(=O)(=O)/C=C/c1ccccc1)C(=O)N1CCc2ccccc2C1. The van der Waals surface area contributed by atoms with Crippen LogP contribution in [0.3, 0.4) is 0 Å². The number of nitrogens with one attached hydrogen (secondary N) is 1. The highest BCUT2D eigenvalue weighted by molar-refractivity contribution is 7.93. The van der Waals surface area contributed by atoms with Gasteiger partial charge < -0.3 is 4.90 Å². The fourth-order valence-electron chi connectivity index (χ4n) is 3.37. The van der Waals surface area contributed by atoms with E-state index in [0.717, 1.165) is 11.0 Å². The number of benzene rings is 2. The summed E-state index contributed by atoms with van der Waals surface area (Å²) in [5.74, 6) is -2.40. The predicted molar refractivity (Wildman–Crippen MR) is 116 cm³/mol. The smallest absolute Gasteiger partial charge is 0.257 e. The van der Waals surface area contributed by atoms with Gasteiger partial charge in [-0.1, -0.05) is 60.7 Å². The monoisotopic (exact) mass is 424 g/mol. The van der Waals surface area contributed by atoms with Crippen LogP contribution in [-0.4, -0.2) is 31.7 Å². The molecule has 0 radical (unpaired) electrons. The molecular weight excluding hydrogens is 400 g/mol. The van der Waals surface area contributed by atoms with Crippen LogP contribution in [0.15, 0.2) is 72.7 Å². The molecule has 0 aliphatic carbocycles. The van der Waals surface area contributed by atoms with Crippen molar-refractivity contribution < 1.29 is 18.0 Å². The summed E-state index contributed by atoms with van der Waals surface area (Å²) in [6.45, 7) is 4.49. The number of hydrogen-bond acceptors (Lipinski definition) is 4. The molecule has 1 aliphatic rings. The first kappa shape index (κ1) is 21.5. The first-order chi connectivity index (χ1) is 14.4. The average molecular weight is 425 g/mol. The maximum atomic E-state index is 13.0. The van der Waals surface area contributed by atoms with E-state index in [2.05, 4.69) is 6.58 Å². The number of fused-ring (bicyclic) bond motifs is 1. The molecule has 0 saturated carbocycles. The van der Waals surface area contributed by atoms with E-state index in [1.807, 2.05) is 35.1 Å². The topological polar surface area (TPSA) is 83.5 Å². The molecular formula is C23H24N2O4S. The van der Waals surface area contributed by atoms with Gasteiger partial charge in [-0.05, 0) is 35.6 Å². The Kier molecular flexibility index (Phi) is 6.84. The Bertz CT molecular complexity index is 1060. The highest BCUT2D eigenvalue weighted by atomic mass is 32.2. The molecule has 0 spiro atoms. The van der Waals surface area contributed by atoms with Gasteiger partial charge in [0.1, 0.15) is 5.92 Å². The first-order valence-corrected chi connectivity index (χ1v) is 11.2. The molecule has 1 unspecified atom stereocenters. The Hall–Kier alpha value is -3.19. The predicted octanol–water partition coefficient (Wildman–Crippen LogP) is 2.88. The van der Waals surface area contributed by atoms with Crippen LogP contribution in [0.4, 0.5) is 0 Å². The second kappa shape index (κ2) is 9.54. The van der Waals surface area contributed by atoms with Crippen LogP contribution < -0.4 is 4.72 Å². The number of nitrogens with zero attached hydrogens (tertiary/aromatic N) is 1. The lowest BCUT2D eigenvalue weighted by Gasteiger charge is -2.31. The summed E-state index contributed by atoms with van der Waals surface area (Å²) in [4.78, 5) is 27.3. The summed E-state index contributed by atoms with van der Waals surface area (Å²) in [6.07, 6.45) is 3.59. The summed E-state index contributed by atoms with van der Waals surface area (Å²) in [6, 6.07) is 16.7. The second-order valence-corrected chi connectivity index (χ2v) is 8.65. The molecule has 1 aliphatic heterocycles. The molecule has 2 amide bonds. The quantitative estimate of drug-likeness (QED) is 0.547. The molecule has 30 heavy (non-hydrogen) atoms. The molecule has 3 rings (SSSR count). The molecule has 6 nitrogen and oxygen atoms in total. The van der Waals surface area contributed by atoms with Gasteiger partial charge in [0.2, 0.25) is 11.8 Å². The zero-order chi connectivity index (χ0) is 21.6. The average Bonchev–Trinajstić information content (AvgIpc) is 2.75. The summed E-state index contributed by atoms with van der Waals surface area (Å²) < 4.78 is 26.6. The lowest BCUT2D eigenvalue weighted by Crippen LogP contribution is -2.46. The van der Waals surface area contributed by atoms with Crippen molar-refractivity contribution in [1.29, 1.82) is 0 Å². The van der Waals surface area contributed by atoms with Crippen molar-refractivity contribution in [3.63, 3.8) is 0 Å². The van der Waals surface area contributed by atoms with Gasteiger partial charge in [0.25, 0.3) is 10.0 Å². The standard InChI is InChI=1S/C23H24N2O4S/c1-2-8-21(23(27)25-15-13-19-11-6-7-12-20(19)17-25)22(26)24-30(28,29)16-14-18-9-4-3-5-10-18/h2-7,9-12,14,16,21H,1,8,13,15,17H2,(H,24,26)/b16-14+. The van der Waals surface area contributed by atoms with Crippen LogP contribution in [-0.2, 0) is 32.6 Å². The molecule has 156 valence electrons. The second-order valence-electron chi connectivity index (χ2n) is 7.08. The number of carbonyl (C=O) groups is 2. The largest absolute Gasteiger partial charge is 0.337 e. The molecule has 0 aromatic heterocycles. The molecule has 2 aromatic rings. The van der Waals surface area contributed by atoms with Crippen molar-refractivity contribution in [1.82, 2.24) is 9.62 Å². The summed E-state index contributed by atoms with van der Waals surface area (Å²) in [5.41, 5.74) is 2.90. The molecule has 0 bridgehead atoms. The number of carbonyl (C=O) groups excluding carboxylic acids is 2. The zero-order valence-corrected chi connectivity index (χ0v) is 17.3. The molecule has 7 heteroatoms. The van der Waals surface area contributed by atoms with Gasteiger partial charge in [-0.15, -0.1) is 6.58 Å². The van der Waals surface area contributed by atoms with E-state index >= 15 is 0 Å². The van der Waals surface area contributed by atoms with E-state index < -0.39 is 27.8 Å². The van der Waals surface area contributed by atoms with Crippen LogP contribution in [0.5, 0.6) is 0 Å². The Labute approximate surface area is 177 Å². The highest BCUT2D eigenvalue weighted by Crippen LogP contribution is 2.21. The Balaban J connectivity index is 1.70.